The third-order valence-corrected chi connectivity index (χ3v) is 1.84. The standard InChI is InChI=1S/C9H9F3N2O2/c1-13-7(15)5-3-6(9(10,11)12)8(16-2)14-4-5/h3-4H,1-2H3,(H,13,15). The Morgan fingerprint density at radius 2 is 2.12 bits per heavy atom. The molecule has 0 spiro atoms. The van der Waals surface area contributed by atoms with E-state index in [1.165, 1.54) is 7.05 Å². The van der Waals surface area contributed by atoms with Gasteiger partial charge in [0.05, 0.1) is 12.7 Å². The number of alkyl halides is 3. The zero-order valence-electron chi connectivity index (χ0n) is 8.55. The summed E-state index contributed by atoms with van der Waals surface area (Å²) in [6.45, 7) is 0. The molecule has 1 aromatic heterocycles. The van der Waals surface area contributed by atoms with Gasteiger partial charge in [-0.1, -0.05) is 0 Å². The van der Waals surface area contributed by atoms with Crippen LogP contribution in [0.3, 0.4) is 0 Å². The molecule has 0 saturated heterocycles. The number of rotatable bonds is 2. The first-order valence-corrected chi connectivity index (χ1v) is 4.23. The van der Waals surface area contributed by atoms with Crippen LogP contribution in [0.5, 0.6) is 5.88 Å². The molecule has 0 aliphatic rings. The van der Waals surface area contributed by atoms with Crippen molar-refractivity contribution in [3.63, 3.8) is 0 Å². The quantitative estimate of drug-likeness (QED) is 0.843. The van der Waals surface area contributed by atoms with Gasteiger partial charge >= 0.3 is 6.18 Å². The minimum atomic E-state index is -4.61. The Morgan fingerprint density at radius 1 is 1.50 bits per heavy atom. The van der Waals surface area contributed by atoms with Crippen molar-refractivity contribution in [1.29, 1.82) is 0 Å². The highest BCUT2D eigenvalue weighted by Crippen LogP contribution is 2.35. The lowest BCUT2D eigenvalue weighted by Crippen LogP contribution is -2.19. The maximum atomic E-state index is 12.5. The fourth-order valence-electron chi connectivity index (χ4n) is 1.09. The first kappa shape index (κ1) is 12.3. The van der Waals surface area contributed by atoms with Crippen LogP contribution < -0.4 is 10.1 Å². The summed E-state index contributed by atoms with van der Waals surface area (Å²) in [4.78, 5) is 14.6. The van der Waals surface area contributed by atoms with Crippen LogP contribution in [0.25, 0.3) is 0 Å². The highest BCUT2D eigenvalue weighted by molar-refractivity contribution is 5.93. The molecule has 1 aromatic rings. The minimum absolute atomic E-state index is 0.171. The molecule has 1 N–H and O–H groups in total. The molecule has 0 fully saturated rings. The fraction of sp³-hybridized carbons (Fsp3) is 0.333. The van der Waals surface area contributed by atoms with E-state index in [2.05, 4.69) is 15.0 Å². The lowest BCUT2D eigenvalue weighted by atomic mass is 10.2. The number of carbonyl (C=O) groups is 1. The number of nitrogens with one attached hydrogen (secondary N) is 1. The molecule has 1 heterocycles. The third kappa shape index (κ3) is 2.41. The van der Waals surface area contributed by atoms with Crippen LogP contribution in [0.4, 0.5) is 13.2 Å². The summed E-state index contributed by atoms with van der Waals surface area (Å²) in [5.41, 5.74) is -1.24. The molecule has 4 nitrogen and oxygen atoms in total. The lowest BCUT2D eigenvalue weighted by Gasteiger charge is -2.11. The van der Waals surface area contributed by atoms with E-state index in [9.17, 15) is 18.0 Å². The Kier molecular flexibility index (Phi) is 3.36. The van der Waals surface area contributed by atoms with E-state index in [1.807, 2.05) is 0 Å². The first-order valence-electron chi connectivity index (χ1n) is 4.23. The number of amides is 1. The zero-order valence-corrected chi connectivity index (χ0v) is 8.55. The molecule has 0 saturated carbocycles. The van der Waals surface area contributed by atoms with E-state index in [1.54, 1.807) is 0 Å². The number of hydrogen-bond donors (Lipinski definition) is 1. The van der Waals surface area contributed by atoms with Gasteiger partial charge in [0.25, 0.3) is 5.91 Å². The molecule has 0 atom stereocenters. The first-order chi connectivity index (χ1) is 7.40. The topological polar surface area (TPSA) is 51.2 Å². The Balaban J connectivity index is 3.27. The van der Waals surface area contributed by atoms with Gasteiger partial charge in [-0.15, -0.1) is 0 Å². The van der Waals surface area contributed by atoms with Crippen LogP contribution in [-0.2, 0) is 6.18 Å². The van der Waals surface area contributed by atoms with Gasteiger partial charge < -0.3 is 10.1 Å². The van der Waals surface area contributed by atoms with Gasteiger partial charge in [0.15, 0.2) is 0 Å². The van der Waals surface area contributed by atoms with Gasteiger partial charge in [-0.05, 0) is 6.07 Å². The average molecular weight is 234 g/mol. The number of ether oxygens (including phenoxy) is 1. The van der Waals surface area contributed by atoms with Gasteiger partial charge in [-0.25, -0.2) is 4.98 Å². The number of pyridine rings is 1. The number of aromatic nitrogens is 1. The van der Waals surface area contributed by atoms with Crippen LogP contribution >= 0.6 is 0 Å². The highest BCUT2D eigenvalue weighted by Gasteiger charge is 2.35. The normalized spacial score (nSPS) is 11.1. The smallest absolute Gasteiger partial charge is 0.421 e. The van der Waals surface area contributed by atoms with Gasteiger partial charge in [-0.3, -0.25) is 4.79 Å². The van der Waals surface area contributed by atoms with Gasteiger partial charge in [-0.2, -0.15) is 13.2 Å². The average Bonchev–Trinajstić information content (AvgIpc) is 2.26. The minimum Gasteiger partial charge on any atom is -0.481 e. The largest absolute Gasteiger partial charge is 0.481 e. The Bertz CT molecular complexity index is 404. The Labute approximate surface area is 89.4 Å². The summed E-state index contributed by atoms with van der Waals surface area (Å²) >= 11 is 0. The van der Waals surface area contributed by atoms with Crippen molar-refractivity contribution in [2.75, 3.05) is 14.2 Å². The van der Waals surface area contributed by atoms with Gasteiger partial charge in [0.1, 0.15) is 5.56 Å². The lowest BCUT2D eigenvalue weighted by molar-refractivity contribution is -0.139. The molecule has 1 rings (SSSR count). The van der Waals surface area contributed by atoms with E-state index in [0.29, 0.717) is 6.07 Å². The fourth-order valence-corrected chi connectivity index (χ4v) is 1.09. The van der Waals surface area contributed by atoms with Gasteiger partial charge in [0, 0.05) is 13.2 Å². The molecule has 0 aromatic carbocycles. The summed E-state index contributed by atoms with van der Waals surface area (Å²) < 4.78 is 42.1. The van der Waals surface area contributed by atoms with Crippen molar-refractivity contribution >= 4 is 5.91 Å². The molecular formula is C9H9F3N2O2. The van der Waals surface area contributed by atoms with Crippen LogP contribution in [0, 0.1) is 0 Å². The van der Waals surface area contributed by atoms with Crippen LogP contribution in [0.15, 0.2) is 12.3 Å². The second-order valence-corrected chi connectivity index (χ2v) is 2.86. The maximum Gasteiger partial charge on any atom is 0.421 e. The summed E-state index contributed by atoms with van der Waals surface area (Å²) in [6.07, 6.45) is -3.59. The number of nitrogens with zero attached hydrogens (tertiary/aromatic N) is 1. The van der Waals surface area contributed by atoms with Crippen LogP contribution in [-0.4, -0.2) is 25.0 Å². The van der Waals surface area contributed by atoms with Crippen molar-refractivity contribution in [2.24, 2.45) is 0 Å². The third-order valence-electron chi connectivity index (χ3n) is 1.84. The second kappa shape index (κ2) is 4.38. The summed E-state index contributed by atoms with van der Waals surface area (Å²) in [5.74, 6) is -1.19. The van der Waals surface area contributed by atoms with Crippen molar-refractivity contribution in [3.8, 4) is 5.88 Å². The molecular weight excluding hydrogens is 225 g/mol. The molecule has 7 heteroatoms. The van der Waals surface area contributed by atoms with E-state index >= 15 is 0 Å². The van der Waals surface area contributed by atoms with Crippen molar-refractivity contribution in [2.45, 2.75) is 6.18 Å². The highest BCUT2D eigenvalue weighted by atomic mass is 19.4. The van der Waals surface area contributed by atoms with Crippen LogP contribution in [0.2, 0.25) is 0 Å². The Hall–Kier alpha value is -1.79. The monoisotopic (exact) mass is 234 g/mol. The number of methoxy groups -OCH3 is 1. The summed E-state index contributed by atoms with van der Waals surface area (Å²) in [6, 6.07) is 0.699. The maximum absolute atomic E-state index is 12.5. The van der Waals surface area contributed by atoms with Gasteiger partial charge in [0.2, 0.25) is 5.88 Å². The second-order valence-electron chi connectivity index (χ2n) is 2.86. The SMILES string of the molecule is CNC(=O)c1cnc(OC)c(C(F)(F)F)c1. The number of halogens is 3. The van der Waals surface area contributed by atoms with E-state index in [0.717, 1.165) is 13.3 Å². The van der Waals surface area contributed by atoms with E-state index in [4.69, 9.17) is 0 Å². The number of carbonyl (C=O) groups excluding carboxylic acids is 1. The molecule has 0 unspecified atom stereocenters. The molecule has 88 valence electrons. The Morgan fingerprint density at radius 3 is 2.56 bits per heavy atom. The number of hydrogen-bond acceptors (Lipinski definition) is 3. The molecule has 0 aliphatic heterocycles. The molecule has 1 amide bonds. The predicted molar refractivity (Wildman–Crippen MR) is 49.2 cm³/mol. The molecule has 0 aliphatic carbocycles. The van der Waals surface area contributed by atoms with Crippen molar-refractivity contribution in [3.05, 3.63) is 23.4 Å². The van der Waals surface area contributed by atoms with Crippen molar-refractivity contribution < 1.29 is 22.7 Å². The van der Waals surface area contributed by atoms with Crippen LogP contribution in [0.1, 0.15) is 15.9 Å². The van der Waals surface area contributed by atoms with E-state index in [-0.39, 0.29) is 5.56 Å². The molecule has 16 heavy (non-hydrogen) atoms. The predicted octanol–water partition coefficient (Wildman–Crippen LogP) is 1.47. The zero-order chi connectivity index (χ0) is 12.3. The molecule has 0 radical (unpaired) electrons. The van der Waals surface area contributed by atoms with Crippen molar-refractivity contribution in [1.82, 2.24) is 10.3 Å². The van der Waals surface area contributed by atoms with E-state index < -0.39 is 23.5 Å². The molecule has 0 bridgehead atoms. The summed E-state index contributed by atoms with van der Waals surface area (Å²) in [5, 5.41) is 2.21. The summed E-state index contributed by atoms with van der Waals surface area (Å²) in [7, 11) is 2.40.